The molecule has 0 radical (unpaired) electrons. The fraction of sp³-hybridized carbons (Fsp3) is 0.609. The minimum atomic E-state index is -0.451. The molecule has 0 aliphatic carbocycles. The lowest BCUT2D eigenvalue weighted by Crippen LogP contribution is -2.43. The van der Waals surface area contributed by atoms with Gasteiger partial charge in [-0.2, -0.15) is 0 Å². The van der Waals surface area contributed by atoms with Crippen molar-refractivity contribution < 1.29 is 19.1 Å². The van der Waals surface area contributed by atoms with E-state index in [1.807, 2.05) is 41.5 Å². The highest BCUT2D eigenvalue weighted by Crippen LogP contribution is 2.21. The van der Waals surface area contributed by atoms with Gasteiger partial charge in [0.2, 0.25) is 11.8 Å². The van der Waals surface area contributed by atoms with E-state index >= 15 is 0 Å². The van der Waals surface area contributed by atoms with Crippen LogP contribution < -0.4 is 15.4 Å². The highest BCUT2D eigenvalue weighted by molar-refractivity contribution is 5.81. The maximum atomic E-state index is 12.2. The van der Waals surface area contributed by atoms with Gasteiger partial charge in [0.15, 0.2) is 0 Å². The standard InChI is InChI=1S/C23H37N3O4/c1-22(2,3)20(28)24-10-12-26(13-11-25-21(29)23(4,5)6)15-18-14-17(16-27)8-9-19(18)30-7/h8-9,14,16H,10-13,15H2,1-7H3,(H,24,28)(H,25,29). The molecule has 7 nitrogen and oxygen atoms in total. The third kappa shape index (κ3) is 8.53. The summed E-state index contributed by atoms with van der Waals surface area (Å²) in [6.45, 7) is 13.9. The molecule has 0 aromatic heterocycles. The summed E-state index contributed by atoms with van der Waals surface area (Å²) >= 11 is 0. The first-order chi connectivity index (χ1) is 13.9. The summed E-state index contributed by atoms with van der Waals surface area (Å²) in [5, 5.41) is 5.92. The number of nitrogens with zero attached hydrogens (tertiary/aromatic N) is 1. The van der Waals surface area contributed by atoms with Crippen molar-refractivity contribution in [3.63, 3.8) is 0 Å². The second-order valence-corrected chi connectivity index (χ2v) is 9.48. The molecule has 1 aromatic carbocycles. The van der Waals surface area contributed by atoms with Crippen LogP contribution in [0.3, 0.4) is 0 Å². The highest BCUT2D eigenvalue weighted by atomic mass is 16.5. The number of aldehydes is 1. The van der Waals surface area contributed by atoms with Crippen molar-refractivity contribution in [3.8, 4) is 5.75 Å². The molecule has 168 valence electrons. The highest BCUT2D eigenvalue weighted by Gasteiger charge is 2.22. The molecule has 1 aromatic rings. The number of nitrogens with one attached hydrogen (secondary N) is 2. The number of hydrogen-bond donors (Lipinski definition) is 2. The Morgan fingerprint density at radius 2 is 1.47 bits per heavy atom. The number of ether oxygens (including phenoxy) is 1. The summed E-state index contributed by atoms with van der Waals surface area (Å²) in [4.78, 5) is 37.6. The number of hydrogen-bond acceptors (Lipinski definition) is 5. The number of carbonyl (C=O) groups is 3. The first-order valence-electron chi connectivity index (χ1n) is 10.3. The summed E-state index contributed by atoms with van der Waals surface area (Å²) in [6.07, 6.45) is 0.806. The van der Waals surface area contributed by atoms with E-state index in [4.69, 9.17) is 4.74 Å². The zero-order valence-electron chi connectivity index (χ0n) is 19.4. The maximum Gasteiger partial charge on any atom is 0.225 e. The Bertz CT molecular complexity index is 701. The van der Waals surface area contributed by atoms with Crippen molar-refractivity contribution in [1.82, 2.24) is 15.5 Å². The third-order valence-electron chi connectivity index (χ3n) is 4.62. The monoisotopic (exact) mass is 419 g/mol. The molecule has 30 heavy (non-hydrogen) atoms. The van der Waals surface area contributed by atoms with Gasteiger partial charge in [0, 0.05) is 54.7 Å². The fourth-order valence-corrected chi connectivity index (χ4v) is 2.69. The van der Waals surface area contributed by atoms with Gasteiger partial charge in [0.05, 0.1) is 7.11 Å². The first-order valence-corrected chi connectivity index (χ1v) is 10.3. The van der Waals surface area contributed by atoms with E-state index in [0.29, 0.717) is 44.0 Å². The molecule has 0 saturated carbocycles. The molecule has 0 atom stereocenters. The SMILES string of the molecule is COc1ccc(C=O)cc1CN(CCNC(=O)C(C)(C)C)CCNC(=O)C(C)(C)C. The maximum absolute atomic E-state index is 12.2. The first kappa shape index (κ1) is 25.6. The molecule has 1 rings (SSSR count). The van der Waals surface area contributed by atoms with Gasteiger partial charge in [0.25, 0.3) is 0 Å². The molecule has 0 aliphatic rings. The van der Waals surface area contributed by atoms with Gasteiger partial charge in [-0.15, -0.1) is 0 Å². The Kier molecular flexibility index (Phi) is 9.49. The molecule has 2 N–H and O–H groups in total. The Hall–Kier alpha value is -2.41. The lowest BCUT2D eigenvalue weighted by molar-refractivity contribution is -0.129. The zero-order valence-corrected chi connectivity index (χ0v) is 19.4. The molecular formula is C23H37N3O4. The summed E-state index contributed by atoms with van der Waals surface area (Å²) in [6, 6.07) is 5.30. The average Bonchev–Trinajstić information content (AvgIpc) is 2.65. The molecular weight excluding hydrogens is 382 g/mol. The summed E-state index contributed by atoms with van der Waals surface area (Å²) in [5.41, 5.74) is 0.555. The van der Waals surface area contributed by atoms with Gasteiger partial charge in [0.1, 0.15) is 12.0 Å². The van der Waals surface area contributed by atoms with Crippen LogP contribution in [-0.2, 0) is 16.1 Å². The topological polar surface area (TPSA) is 87.7 Å². The van der Waals surface area contributed by atoms with Crippen LogP contribution in [0.1, 0.15) is 57.5 Å². The van der Waals surface area contributed by atoms with E-state index in [0.717, 1.165) is 11.8 Å². The van der Waals surface area contributed by atoms with E-state index in [1.54, 1.807) is 25.3 Å². The van der Waals surface area contributed by atoms with Gasteiger partial charge in [-0.05, 0) is 18.2 Å². The summed E-state index contributed by atoms with van der Waals surface area (Å²) in [7, 11) is 1.59. The van der Waals surface area contributed by atoms with Crippen molar-refractivity contribution >= 4 is 18.1 Å². The normalized spacial score (nSPS) is 11.9. The van der Waals surface area contributed by atoms with Crippen LogP contribution in [0.25, 0.3) is 0 Å². The van der Waals surface area contributed by atoms with Crippen LogP contribution in [0, 0.1) is 10.8 Å². The molecule has 0 unspecified atom stereocenters. The van der Waals surface area contributed by atoms with E-state index in [-0.39, 0.29) is 11.8 Å². The Morgan fingerprint density at radius 3 is 1.87 bits per heavy atom. The predicted molar refractivity (Wildman–Crippen MR) is 119 cm³/mol. The van der Waals surface area contributed by atoms with Crippen LogP contribution in [-0.4, -0.2) is 56.3 Å². The molecule has 0 bridgehead atoms. The number of benzene rings is 1. The van der Waals surface area contributed by atoms with Crippen molar-refractivity contribution in [2.45, 2.75) is 48.1 Å². The number of carbonyl (C=O) groups excluding carboxylic acids is 3. The van der Waals surface area contributed by atoms with E-state index in [1.165, 1.54) is 0 Å². The lowest BCUT2D eigenvalue weighted by atomic mass is 9.96. The van der Waals surface area contributed by atoms with Crippen LogP contribution >= 0.6 is 0 Å². The molecule has 0 spiro atoms. The molecule has 2 amide bonds. The van der Waals surface area contributed by atoms with Gasteiger partial charge in [-0.3, -0.25) is 19.3 Å². The van der Waals surface area contributed by atoms with E-state index in [9.17, 15) is 14.4 Å². The zero-order chi connectivity index (χ0) is 22.9. The van der Waals surface area contributed by atoms with Crippen molar-refractivity contribution in [2.24, 2.45) is 10.8 Å². The van der Waals surface area contributed by atoms with Gasteiger partial charge in [-0.1, -0.05) is 41.5 Å². The number of methoxy groups -OCH3 is 1. The predicted octanol–water partition coefficient (Wildman–Crippen LogP) is 2.63. The van der Waals surface area contributed by atoms with Crippen LogP contribution in [0.4, 0.5) is 0 Å². The van der Waals surface area contributed by atoms with Gasteiger partial charge in [-0.25, -0.2) is 0 Å². The van der Waals surface area contributed by atoms with E-state index in [2.05, 4.69) is 15.5 Å². The van der Waals surface area contributed by atoms with Crippen LogP contribution in [0.2, 0.25) is 0 Å². The number of amides is 2. The van der Waals surface area contributed by atoms with Gasteiger partial charge >= 0.3 is 0 Å². The van der Waals surface area contributed by atoms with Gasteiger partial charge < -0.3 is 15.4 Å². The van der Waals surface area contributed by atoms with Crippen molar-refractivity contribution in [2.75, 3.05) is 33.3 Å². The molecule has 0 aliphatic heterocycles. The second kappa shape index (κ2) is 11.1. The van der Waals surface area contributed by atoms with Crippen LogP contribution in [0.5, 0.6) is 5.75 Å². The Morgan fingerprint density at radius 1 is 0.967 bits per heavy atom. The second-order valence-electron chi connectivity index (χ2n) is 9.48. The largest absolute Gasteiger partial charge is 0.496 e. The average molecular weight is 420 g/mol. The smallest absolute Gasteiger partial charge is 0.225 e. The Labute approximate surface area is 180 Å². The molecule has 7 heteroatoms. The quantitative estimate of drug-likeness (QED) is 0.569. The molecule has 0 heterocycles. The van der Waals surface area contributed by atoms with Crippen molar-refractivity contribution in [3.05, 3.63) is 29.3 Å². The fourth-order valence-electron chi connectivity index (χ4n) is 2.69. The molecule has 0 fully saturated rings. The Balaban J connectivity index is 2.85. The minimum absolute atomic E-state index is 0.0102. The number of rotatable bonds is 10. The van der Waals surface area contributed by atoms with Crippen LogP contribution in [0.15, 0.2) is 18.2 Å². The summed E-state index contributed by atoms with van der Waals surface area (Å²) in [5.74, 6) is 0.677. The summed E-state index contributed by atoms with van der Waals surface area (Å²) < 4.78 is 5.44. The third-order valence-corrected chi connectivity index (χ3v) is 4.62. The minimum Gasteiger partial charge on any atom is -0.496 e. The lowest BCUT2D eigenvalue weighted by Gasteiger charge is -2.26. The van der Waals surface area contributed by atoms with E-state index < -0.39 is 10.8 Å². The van der Waals surface area contributed by atoms with Crippen molar-refractivity contribution in [1.29, 1.82) is 0 Å². The molecule has 0 saturated heterocycles.